The number of rotatable bonds is 5. The number of nitrogens with one attached hydrogen (secondary N) is 2. The van der Waals surface area contributed by atoms with Crippen LogP contribution in [0.4, 0.5) is 23.0 Å². The maximum Gasteiger partial charge on any atom is 0.196 e. The molecule has 32 heavy (non-hydrogen) atoms. The van der Waals surface area contributed by atoms with Crippen LogP contribution in [0.5, 0.6) is 0 Å². The van der Waals surface area contributed by atoms with Gasteiger partial charge in [-0.3, -0.25) is 9.36 Å². The Bertz CT molecular complexity index is 1430. The molecule has 0 aliphatic heterocycles. The van der Waals surface area contributed by atoms with Crippen LogP contribution in [0.15, 0.2) is 108 Å². The van der Waals surface area contributed by atoms with E-state index in [1.165, 1.54) is 0 Å². The second-order valence-electron chi connectivity index (χ2n) is 7.52. The number of nitrogens with zero attached hydrogens (tertiary/aromatic N) is 2. The Kier molecular flexibility index (Phi) is 5.14. The van der Waals surface area contributed by atoms with Gasteiger partial charge in [-0.05, 0) is 55.5 Å². The second-order valence-corrected chi connectivity index (χ2v) is 7.52. The highest BCUT2D eigenvalue weighted by atomic mass is 16.1. The van der Waals surface area contributed by atoms with Gasteiger partial charge in [0.05, 0.1) is 5.39 Å². The Morgan fingerprint density at radius 1 is 0.688 bits per heavy atom. The smallest absolute Gasteiger partial charge is 0.196 e. The third-order valence-electron chi connectivity index (χ3n) is 5.35. The van der Waals surface area contributed by atoms with Crippen molar-refractivity contribution in [3.63, 3.8) is 0 Å². The molecule has 3 aromatic carbocycles. The van der Waals surface area contributed by atoms with E-state index in [0.29, 0.717) is 28.2 Å². The largest absolute Gasteiger partial charge is 0.341 e. The van der Waals surface area contributed by atoms with E-state index in [0.717, 1.165) is 17.1 Å². The number of aromatic nitrogens is 2. The first kappa shape index (κ1) is 19.6. The van der Waals surface area contributed by atoms with Gasteiger partial charge in [-0.2, -0.15) is 0 Å². The Morgan fingerprint density at radius 3 is 1.88 bits per heavy atom. The maximum atomic E-state index is 13.3. The van der Waals surface area contributed by atoms with Gasteiger partial charge >= 0.3 is 0 Å². The van der Waals surface area contributed by atoms with Gasteiger partial charge in [-0.25, -0.2) is 4.98 Å². The van der Waals surface area contributed by atoms with Gasteiger partial charge in [0, 0.05) is 22.6 Å². The summed E-state index contributed by atoms with van der Waals surface area (Å²) in [6.45, 7) is 1.85. The highest BCUT2D eigenvalue weighted by Gasteiger charge is 2.17. The maximum absolute atomic E-state index is 13.3. The summed E-state index contributed by atoms with van der Waals surface area (Å²) in [7, 11) is 0. The Balaban J connectivity index is 1.76. The number of pyridine rings is 2. The average molecular weight is 419 g/mol. The standard InChI is InChI=1S/C27H22N4O/c1-19-25(32)23-17-18-24(28-20-11-5-2-6-12-20)30-27(23)31(22-15-9-4-10-16-22)26(19)29-21-13-7-3-8-14-21/h2-18,29H,1H3,(H,28,30). The zero-order chi connectivity index (χ0) is 21.9. The minimum absolute atomic E-state index is 0.0376. The zero-order valence-electron chi connectivity index (χ0n) is 17.6. The fourth-order valence-electron chi connectivity index (χ4n) is 3.75. The van der Waals surface area contributed by atoms with Crippen molar-refractivity contribution in [1.82, 2.24) is 9.55 Å². The molecule has 5 nitrogen and oxygen atoms in total. The Morgan fingerprint density at radius 2 is 1.25 bits per heavy atom. The summed E-state index contributed by atoms with van der Waals surface area (Å²) >= 11 is 0. The molecular weight excluding hydrogens is 396 g/mol. The Labute approximate surface area is 186 Å². The van der Waals surface area contributed by atoms with E-state index < -0.39 is 0 Å². The normalized spacial score (nSPS) is 10.8. The van der Waals surface area contributed by atoms with E-state index in [1.807, 2.05) is 115 Å². The predicted molar refractivity (Wildman–Crippen MR) is 132 cm³/mol. The summed E-state index contributed by atoms with van der Waals surface area (Å²) in [6, 6.07) is 33.3. The topological polar surface area (TPSA) is 59.0 Å². The van der Waals surface area contributed by atoms with Gasteiger partial charge in [0.1, 0.15) is 11.6 Å². The molecule has 0 saturated heterocycles. The lowest BCUT2D eigenvalue weighted by Crippen LogP contribution is -2.18. The molecule has 0 bridgehead atoms. The van der Waals surface area contributed by atoms with Crippen LogP contribution in [0, 0.1) is 6.92 Å². The number of anilines is 4. The highest BCUT2D eigenvalue weighted by Crippen LogP contribution is 2.28. The first-order valence-corrected chi connectivity index (χ1v) is 10.5. The SMILES string of the molecule is Cc1c(Nc2ccccc2)n(-c2ccccc2)c2nc(Nc3ccccc3)ccc2c1=O. The van der Waals surface area contributed by atoms with Crippen LogP contribution in [0.2, 0.25) is 0 Å². The van der Waals surface area contributed by atoms with Crippen LogP contribution in [-0.4, -0.2) is 9.55 Å². The fourth-order valence-corrected chi connectivity index (χ4v) is 3.75. The molecule has 156 valence electrons. The molecule has 2 aromatic heterocycles. The van der Waals surface area contributed by atoms with Crippen molar-refractivity contribution in [3.8, 4) is 5.69 Å². The summed E-state index contributed by atoms with van der Waals surface area (Å²) in [4.78, 5) is 18.1. The lowest BCUT2D eigenvalue weighted by Gasteiger charge is -2.20. The van der Waals surface area contributed by atoms with Crippen LogP contribution < -0.4 is 16.1 Å². The molecule has 2 heterocycles. The fraction of sp³-hybridized carbons (Fsp3) is 0.0370. The monoisotopic (exact) mass is 418 g/mol. The Hall–Kier alpha value is -4.38. The minimum atomic E-state index is -0.0376. The molecule has 0 atom stereocenters. The summed E-state index contributed by atoms with van der Waals surface area (Å²) in [5.41, 5.74) is 3.94. The van der Waals surface area contributed by atoms with Crippen molar-refractivity contribution >= 4 is 34.0 Å². The molecule has 2 N–H and O–H groups in total. The van der Waals surface area contributed by atoms with Crippen molar-refractivity contribution in [3.05, 3.63) is 119 Å². The van der Waals surface area contributed by atoms with E-state index in [2.05, 4.69) is 10.6 Å². The van der Waals surface area contributed by atoms with E-state index in [-0.39, 0.29) is 5.43 Å². The molecule has 0 aliphatic carbocycles. The quantitative estimate of drug-likeness (QED) is 0.358. The third-order valence-corrected chi connectivity index (χ3v) is 5.35. The summed E-state index contributed by atoms with van der Waals surface area (Å²) in [6.07, 6.45) is 0. The number of fused-ring (bicyclic) bond motifs is 1. The summed E-state index contributed by atoms with van der Waals surface area (Å²) in [5.74, 6) is 1.37. The van der Waals surface area contributed by atoms with Gasteiger partial charge in [0.25, 0.3) is 0 Å². The van der Waals surface area contributed by atoms with Gasteiger partial charge in [-0.15, -0.1) is 0 Å². The first-order valence-electron chi connectivity index (χ1n) is 10.5. The molecule has 5 rings (SSSR count). The van der Waals surface area contributed by atoms with Gasteiger partial charge < -0.3 is 10.6 Å². The predicted octanol–water partition coefficient (Wildman–Crippen LogP) is 6.18. The number of para-hydroxylation sites is 3. The van der Waals surface area contributed by atoms with Gasteiger partial charge in [-0.1, -0.05) is 54.6 Å². The zero-order valence-corrected chi connectivity index (χ0v) is 17.6. The van der Waals surface area contributed by atoms with E-state index in [1.54, 1.807) is 0 Å². The van der Waals surface area contributed by atoms with Crippen LogP contribution in [0.3, 0.4) is 0 Å². The summed E-state index contributed by atoms with van der Waals surface area (Å²) < 4.78 is 2.01. The molecule has 0 unspecified atom stereocenters. The first-order chi connectivity index (χ1) is 15.7. The van der Waals surface area contributed by atoms with E-state index >= 15 is 0 Å². The molecule has 0 amide bonds. The van der Waals surface area contributed by atoms with Crippen LogP contribution >= 0.6 is 0 Å². The lowest BCUT2D eigenvalue weighted by atomic mass is 10.1. The van der Waals surface area contributed by atoms with Crippen molar-refractivity contribution in [2.24, 2.45) is 0 Å². The van der Waals surface area contributed by atoms with E-state index in [4.69, 9.17) is 4.98 Å². The summed E-state index contributed by atoms with van der Waals surface area (Å²) in [5, 5.41) is 7.35. The van der Waals surface area contributed by atoms with Crippen molar-refractivity contribution in [2.75, 3.05) is 10.6 Å². The molecule has 0 saturated carbocycles. The van der Waals surface area contributed by atoms with Crippen molar-refractivity contribution < 1.29 is 0 Å². The van der Waals surface area contributed by atoms with Crippen molar-refractivity contribution in [2.45, 2.75) is 6.92 Å². The molecule has 5 aromatic rings. The third kappa shape index (κ3) is 3.72. The average Bonchev–Trinajstić information content (AvgIpc) is 2.84. The lowest BCUT2D eigenvalue weighted by molar-refractivity contribution is 1.05. The molecule has 0 spiro atoms. The van der Waals surface area contributed by atoms with Crippen LogP contribution in [0.25, 0.3) is 16.7 Å². The van der Waals surface area contributed by atoms with Gasteiger partial charge in [0.2, 0.25) is 0 Å². The number of hydrogen-bond donors (Lipinski definition) is 2. The molecular formula is C27H22N4O. The van der Waals surface area contributed by atoms with Gasteiger partial charge in [0.15, 0.2) is 11.1 Å². The number of hydrogen-bond acceptors (Lipinski definition) is 4. The molecule has 5 heteroatoms. The van der Waals surface area contributed by atoms with Crippen LogP contribution in [0.1, 0.15) is 5.56 Å². The number of benzene rings is 3. The van der Waals surface area contributed by atoms with Crippen LogP contribution in [-0.2, 0) is 0 Å². The molecule has 0 fully saturated rings. The molecule has 0 radical (unpaired) electrons. The second kappa shape index (κ2) is 8.40. The van der Waals surface area contributed by atoms with Crippen molar-refractivity contribution in [1.29, 1.82) is 0 Å². The minimum Gasteiger partial charge on any atom is -0.341 e. The highest BCUT2D eigenvalue weighted by molar-refractivity contribution is 5.84. The van der Waals surface area contributed by atoms with E-state index in [9.17, 15) is 4.79 Å². The molecule has 0 aliphatic rings.